The third kappa shape index (κ3) is 55.5. The number of amides is 1. The highest BCUT2D eigenvalue weighted by molar-refractivity contribution is 5.76. The van der Waals surface area contributed by atoms with Crippen LogP contribution in [0.2, 0.25) is 0 Å². The molecule has 0 saturated carbocycles. The van der Waals surface area contributed by atoms with Gasteiger partial charge >= 0.3 is 5.97 Å². The second kappa shape index (κ2) is 58.9. The molecule has 0 aliphatic carbocycles. The van der Waals surface area contributed by atoms with Gasteiger partial charge in [-0.2, -0.15) is 0 Å². The Balaban J connectivity index is 3.44. The van der Waals surface area contributed by atoms with E-state index in [4.69, 9.17) is 4.74 Å². The van der Waals surface area contributed by atoms with E-state index in [1.54, 1.807) is 6.08 Å². The molecule has 0 aromatic rings. The molecular formula is C63H121NO5. The average molecular weight is 973 g/mol. The largest absolute Gasteiger partial charge is 0.466 e. The summed E-state index contributed by atoms with van der Waals surface area (Å²) in [5.74, 6) is -0.0741. The molecule has 6 nitrogen and oxygen atoms in total. The quantitative estimate of drug-likeness (QED) is 0.0321. The Hall–Kier alpha value is -1.66. The Morgan fingerprint density at radius 1 is 0.391 bits per heavy atom. The number of nitrogens with one attached hydrogen (secondary N) is 1. The number of hydrogen-bond donors (Lipinski definition) is 3. The Morgan fingerprint density at radius 2 is 0.681 bits per heavy atom. The molecule has 2 atom stereocenters. The second-order valence-electron chi connectivity index (χ2n) is 21.4. The van der Waals surface area contributed by atoms with Crippen molar-refractivity contribution in [3.8, 4) is 0 Å². The zero-order valence-corrected chi connectivity index (χ0v) is 46.6. The Morgan fingerprint density at radius 3 is 1.03 bits per heavy atom. The third-order valence-electron chi connectivity index (χ3n) is 14.5. The molecule has 69 heavy (non-hydrogen) atoms. The highest BCUT2D eigenvalue weighted by Gasteiger charge is 2.18. The minimum atomic E-state index is -0.851. The molecule has 0 aliphatic rings. The number of carbonyl (C=O) groups is 2. The van der Waals surface area contributed by atoms with Crippen LogP contribution < -0.4 is 5.32 Å². The monoisotopic (exact) mass is 972 g/mol. The Bertz CT molecular complexity index is 1080. The maximum Gasteiger partial charge on any atom is 0.305 e. The highest BCUT2D eigenvalue weighted by atomic mass is 16.5. The maximum absolute atomic E-state index is 12.5. The maximum atomic E-state index is 12.5. The van der Waals surface area contributed by atoms with Gasteiger partial charge in [0.25, 0.3) is 0 Å². The molecule has 1 amide bonds. The lowest BCUT2D eigenvalue weighted by Gasteiger charge is -2.20. The van der Waals surface area contributed by atoms with Crippen molar-refractivity contribution in [2.45, 2.75) is 353 Å². The van der Waals surface area contributed by atoms with Crippen LogP contribution in [0.25, 0.3) is 0 Å². The van der Waals surface area contributed by atoms with Gasteiger partial charge in [0.05, 0.1) is 25.4 Å². The minimum absolute atomic E-state index is 0.000257. The fraction of sp³-hybridized carbons (Fsp3) is 0.905. The first-order valence-electron chi connectivity index (χ1n) is 31.1. The van der Waals surface area contributed by atoms with Gasteiger partial charge in [-0.25, -0.2) is 0 Å². The third-order valence-corrected chi connectivity index (χ3v) is 14.5. The molecule has 2 unspecified atom stereocenters. The lowest BCUT2D eigenvalue weighted by molar-refractivity contribution is -0.143. The molecule has 0 saturated heterocycles. The molecule has 3 N–H and O–H groups in total. The molecule has 0 rings (SSSR count). The van der Waals surface area contributed by atoms with Crippen LogP contribution in [0.4, 0.5) is 0 Å². The van der Waals surface area contributed by atoms with Gasteiger partial charge in [-0.3, -0.25) is 9.59 Å². The van der Waals surface area contributed by atoms with Crippen molar-refractivity contribution in [3.05, 3.63) is 24.3 Å². The Kier molecular flexibility index (Phi) is 57.5. The topological polar surface area (TPSA) is 95.9 Å². The zero-order valence-electron chi connectivity index (χ0n) is 46.6. The second-order valence-corrected chi connectivity index (χ2v) is 21.4. The number of rotatable bonds is 58. The molecule has 0 aromatic heterocycles. The first-order chi connectivity index (χ1) is 34.0. The van der Waals surface area contributed by atoms with E-state index in [-0.39, 0.29) is 18.5 Å². The van der Waals surface area contributed by atoms with Crippen LogP contribution in [-0.4, -0.2) is 47.4 Å². The van der Waals surface area contributed by atoms with E-state index in [2.05, 4.69) is 31.3 Å². The first kappa shape index (κ1) is 67.3. The van der Waals surface area contributed by atoms with Crippen molar-refractivity contribution in [3.63, 3.8) is 0 Å². The van der Waals surface area contributed by atoms with Gasteiger partial charge in [-0.05, 0) is 57.8 Å². The minimum Gasteiger partial charge on any atom is -0.466 e. The van der Waals surface area contributed by atoms with Crippen molar-refractivity contribution in [2.24, 2.45) is 0 Å². The van der Waals surface area contributed by atoms with Crippen molar-refractivity contribution < 1.29 is 24.5 Å². The van der Waals surface area contributed by atoms with Crippen LogP contribution in [0.15, 0.2) is 24.3 Å². The number of hydrogen-bond acceptors (Lipinski definition) is 5. The molecule has 0 radical (unpaired) electrons. The fourth-order valence-electron chi connectivity index (χ4n) is 9.69. The summed E-state index contributed by atoms with van der Waals surface area (Å²) in [6.07, 6.45) is 72.1. The number of aliphatic hydroxyl groups excluding tert-OH is 2. The van der Waals surface area contributed by atoms with Crippen molar-refractivity contribution in [2.75, 3.05) is 13.2 Å². The van der Waals surface area contributed by atoms with Gasteiger partial charge in [0.1, 0.15) is 0 Å². The van der Waals surface area contributed by atoms with Crippen LogP contribution in [-0.2, 0) is 14.3 Å². The summed E-state index contributed by atoms with van der Waals surface area (Å²) in [7, 11) is 0. The van der Waals surface area contributed by atoms with Crippen LogP contribution in [0.5, 0.6) is 0 Å². The van der Waals surface area contributed by atoms with E-state index in [1.807, 2.05) is 6.08 Å². The SMILES string of the molecule is CCCCCCCC/C=C\CCCCCCCCCCCC(=O)OCCCCCCCCCCCCCCCCCC(=O)NC(CO)C(O)/C=C/CCCCCCCCCCCCCCCCCC. The van der Waals surface area contributed by atoms with Gasteiger partial charge in [-0.15, -0.1) is 0 Å². The van der Waals surface area contributed by atoms with Crippen LogP contribution in [0, 0.1) is 0 Å². The number of unbranched alkanes of at least 4 members (excludes halogenated alkanes) is 45. The molecule has 0 bridgehead atoms. The molecule has 408 valence electrons. The summed E-state index contributed by atoms with van der Waals surface area (Å²) in [4.78, 5) is 24.6. The number of esters is 1. The molecule has 0 aliphatic heterocycles. The van der Waals surface area contributed by atoms with Gasteiger partial charge in [0, 0.05) is 12.8 Å². The smallest absolute Gasteiger partial charge is 0.305 e. The lowest BCUT2D eigenvalue weighted by atomic mass is 10.0. The van der Waals surface area contributed by atoms with E-state index in [9.17, 15) is 19.8 Å². The van der Waals surface area contributed by atoms with E-state index < -0.39 is 12.1 Å². The molecule has 6 heteroatoms. The van der Waals surface area contributed by atoms with Gasteiger partial charge in [0.2, 0.25) is 5.91 Å². The Labute approximate surface area is 431 Å². The molecular weight excluding hydrogens is 851 g/mol. The normalized spacial score (nSPS) is 12.7. The predicted molar refractivity (Wildman–Crippen MR) is 301 cm³/mol. The standard InChI is InChI=1S/C63H121NO5/c1-3-5-7-9-11-13-15-17-19-21-23-25-29-33-37-41-45-49-53-57-63(68)69-58-54-50-46-42-38-34-30-26-28-32-36-40-44-48-52-56-62(67)64-60(59-65)61(66)55-51-47-43-39-35-31-27-24-22-20-18-16-14-12-10-8-6-4-2/h17,19,51,55,60-61,65-66H,3-16,18,20-50,52-54,56-59H2,1-2H3,(H,64,67)/b19-17-,55-51+. The summed E-state index contributed by atoms with van der Waals surface area (Å²) in [5, 5.41) is 23.2. The number of aliphatic hydroxyl groups is 2. The van der Waals surface area contributed by atoms with Crippen molar-refractivity contribution in [1.82, 2.24) is 5.32 Å². The van der Waals surface area contributed by atoms with Gasteiger partial charge in [-0.1, -0.05) is 295 Å². The summed E-state index contributed by atoms with van der Waals surface area (Å²) < 4.78 is 5.49. The molecule has 0 fully saturated rings. The zero-order chi connectivity index (χ0) is 50.0. The van der Waals surface area contributed by atoms with Crippen LogP contribution >= 0.6 is 0 Å². The summed E-state index contributed by atoms with van der Waals surface area (Å²) in [6, 6.07) is -0.635. The van der Waals surface area contributed by atoms with E-state index >= 15 is 0 Å². The highest BCUT2D eigenvalue weighted by Crippen LogP contribution is 2.17. The summed E-state index contributed by atoms with van der Waals surface area (Å²) >= 11 is 0. The number of allylic oxidation sites excluding steroid dienone is 3. The lowest BCUT2D eigenvalue weighted by Crippen LogP contribution is -2.45. The molecule has 0 aromatic carbocycles. The van der Waals surface area contributed by atoms with Crippen LogP contribution in [0.1, 0.15) is 341 Å². The number of carbonyl (C=O) groups excluding carboxylic acids is 2. The van der Waals surface area contributed by atoms with E-state index in [1.165, 1.54) is 263 Å². The van der Waals surface area contributed by atoms with E-state index in [0.29, 0.717) is 19.4 Å². The van der Waals surface area contributed by atoms with Gasteiger partial charge in [0.15, 0.2) is 0 Å². The molecule has 0 heterocycles. The number of ether oxygens (including phenoxy) is 1. The fourth-order valence-corrected chi connectivity index (χ4v) is 9.69. The van der Waals surface area contributed by atoms with Crippen LogP contribution in [0.3, 0.4) is 0 Å². The predicted octanol–water partition coefficient (Wildman–Crippen LogP) is 19.4. The van der Waals surface area contributed by atoms with E-state index in [0.717, 1.165) is 51.4 Å². The first-order valence-corrected chi connectivity index (χ1v) is 31.1. The van der Waals surface area contributed by atoms with Gasteiger partial charge < -0.3 is 20.3 Å². The van der Waals surface area contributed by atoms with Crippen molar-refractivity contribution >= 4 is 11.9 Å². The summed E-state index contributed by atoms with van der Waals surface area (Å²) in [6.45, 7) is 4.91. The van der Waals surface area contributed by atoms with Crippen molar-refractivity contribution in [1.29, 1.82) is 0 Å². The average Bonchev–Trinajstić information content (AvgIpc) is 3.35. The summed E-state index contributed by atoms with van der Waals surface area (Å²) in [5.41, 5.74) is 0. The molecule has 0 spiro atoms.